The number of benzene rings is 1. The fraction of sp³-hybridized carbons (Fsp3) is 0.320. The topological polar surface area (TPSA) is 97.5 Å². The quantitative estimate of drug-likeness (QED) is 0.369. The number of aromatic nitrogens is 5. The molecular formula is C25H26Cl2FN7O2. The smallest absolute Gasteiger partial charge is 0.416 e. The van der Waals surface area contributed by atoms with Crippen LogP contribution in [0, 0.1) is 11.7 Å². The van der Waals surface area contributed by atoms with Crippen molar-refractivity contribution in [3.05, 3.63) is 66.7 Å². The Bertz CT molecular complexity index is 1380. The molecule has 194 valence electrons. The standard InChI is InChI=1S/C25H24FN7O2.2ClH/c26-19-4-1-3-18(13-19)20-15-33-22(29-20)7-6-21(31-33)27-14-17-8-10-25(11-9-17)16-32(24(34)35-25)23-5-2-12-28-30-23;;/h1-7,12-13,15,17H,8-11,14,16H2,(H,27,31);2*1H. The first kappa shape index (κ1) is 26.6. The van der Waals surface area contributed by atoms with Crippen LogP contribution in [0.2, 0.25) is 0 Å². The van der Waals surface area contributed by atoms with Gasteiger partial charge in [0.05, 0.1) is 18.4 Å². The average Bonchev–Trinajstić information content (AvgIpc) is 3.45. The predicted octanol–water partition coefficient (Wildman–Crippen LogP) is 5.17. The number of nitrogens with one attached hydrogen (secondary N) is 1. The maximum atomic E-state index is 13.6. The highest BCUT2D eigenvalue weighted by Gasteiger charge is 2.48. The van der Waals surface area contributed by atoms with Crippen LogP contribution in [-0.2, 0) is 4.74 Å². The van der Waals surface area contributed by atoms with Gasteiger partial charge in [-0.15, -0.1) is 35.0 Å². The summed E-state index contributed by atoms with van der Waals surface area (Å²) in [5.74, 6) is 1.44. The van der Waals surface area contributed by atoms with E-state index in [0.717, 1.165) is 38.0 Å². The number of ether oxygens (including phenoxy) is 1. The van der Waals surface area contributed by atoms with Crippen molar-refractivity contribution < 1.29 is 13.9 Å². The summed E-state index contributed by atoms with van der Waals surface area (Å²) in [5.41, 5.74) is 1.64. The van der Waals surface area contributed by atoms with Crippen molar-refractivity contribution in [3.63, 3.8) is 0 Å². The van der Waals surface area contributed by atoms with Crippen LogP contribution >= 0.6 is 24.8 Å². The Labute approximate surface area is 225 Å². The molecule has 1 spiro atoms. The van der Waals surface area contributed by atoms with Crippen molar-refractivity contribution >= 4 is 48.2 Å². The van der Waals surface area contributed by atoms with Crippen LogP contribution in [0.4, 0.5) is 20.8 Å². The van der Waals surface area contributed by atoms with E-state index in [1.807, 2.05) is 18.2 Å². The number of rotatable bonds is 5. The van der Waals surface area contributed by atoms with Gasteiger partial charge in [0.25, 0.3) is 0 Å². The largest absolute Gasteiger partial charge is 0.441 e. The molecule has 1 aliphatic carbocycles. The van der Waals surface area contributed by atoms with Gasteiger partial charge in [0.1, 0.15) is 17.2 Å². The van der Waals surface area contributed by atoms with Gasteiger partial charge in [0.15, 0.2) is 11.5 Å². The molecule has 37 heavy (non-hydrogen) atoms. The maximum Gasteiger partial charge on any atom is 0.416 e. The first-order chi connectivity index (χ1) is 17.1. The molecule has 0 unspecified atom stereocenters. The van der Waals surface area contributed by atoms with E-state index < -0.39 is 5.60 Å². The number of anilines is 2. The Morgan fingerprint density at radius 3 is 2.70 bits per heavy atom. The molecule has 4 aromatic rings. The van der Waals surface area contributed by atoms with Crippen LogP contribution in [-0.4, -0.2) is 49.6 Å². The molecule has 1 aliphatic heterocycles. The van der Waals surface area contributed by atoms with Crippen molar-refractivity contribution in [2.24, 2.45) is 5.92 Å². The fourth-order valence-corrected chi connectivity index (χ4v) is 4.92. The number of hydrogen-bond donors (Lipinski definition) is 1. The lowest BCUT2D eigenvalue weighted by atomic mass is 9.78. The Balaban J connectivity index is 0.00000160. The fourth-order valence-electron chi connectivity index (χ4n) is 4.92. The van der Waals surface area contributed by atoms with Gasteiger partial charge in [-0.1, -0.05) is 12.1 Å². The highest BCUT2D eigenvalue weighted by molar-refractivity contribution is 5.89. The van der Waals surface area contributed by atoms with Gasteiger partial charge in [0.2, 0.25) is 0 Å². The zero-order valence-electron chi connectivity index (χ0n) is 19.8. The molecule has 4 heterocycles. The second kappa shape index (κ2) is 10.9. The molecule has 2 fully saturated rings. The highest BCUT2D eigenvalue weighted by Crippen LogP contribution is 2.40. The zero-order valence-corrected chi connectivity index (χ0v) is 21.4. The molecule has 1 saturated heterocycles. The summed E-state index contributed by atoms with van der Waals surface area (Å²) in [4.78, 5) is 18.6. The summed E-state index contributed by atoms with van der Waals surface area (Å²) in [6, 6.07) is 13.7. The lowest BCUT2D eigenvalue weighted by Crippen LogP contribution is -2.39. The highest BCUT2D eigenvalue weighted by atomic mass is 35.5. The van der Waals surface area contributed by atoms with E-state index in [1.54, 1.807) is 40.0 Å². The van der Waals surface area contributed by atoms with Gasteiger partial charge in [-0.3, -0.25) is 4.90 Å². The molecule has 2 aliphatic rings. The van der Waals surface area contributed by atoms with Crippen LogP contribution in [0.1, 0.15) is 25.7 Å². The summed E-state index contributed by atoms with van der Waals surface area (Å²) >= 11 is 0. The van der Waals surface area contributed by atoms with Gasteiger partial charge in [-0.25, -0.2) is 18.7 Å². The molecule has 0 atom stereocenters. The summed E-state index contributed by atoms with van der Waals surface area (Å²) in [5, 5.41) is 16.0. The number of carbonyl (C=O) groups is 1. The van der Waals surface area contributed by atoms with E-state index in [1.165, 1.54) is 12.1 Å². The van der Waals surface area contributed by atoms with E-state index in [-0.39, 0.29) is 36.7 Å². The lowest BCUT2D eigenvalue weighted by molar-refractivity contribution is 0.0148. The molecule has 6 rings (SSSR count). The SMILES string of the molecule is Cl.Cl.O=C1OC2(CCC(CNc3ccc4nc(-c5cccc(F)c5)cn4n3)CC2)CN1c1cccnn1. The Morgan fingerprint density at radius 2 is 1.95 bits per heavy atom. The Kier molecular flexibility index (Phi) is 7.79. The van der Waals surface area contributed by atoms with Crippen molar-refractivity contribution in [1.82, 2.24) is 24.8 Å². The van der Waals surface area contributed by atoms with Crippen molar-refractivity contribution in [2.75, 3.05) is 23.3 Å². The second-order valence-corrected chi connectivity index (χ2v) is 9.20. The van der Waals surface area contributed by atoms with Crippen molar-refractivity contribution in [2.45, 2.75) is 31.3 Å². The van der Waals surface area contributed by atoms with Crippen LogP contribution < -0.4 is 10.2 Å². The Morgan fingerprint density at radius 1 is 1.11 bits per heavy atom. The maximum absolute atomic E-state index is 13.6. The molecule has 0 radical (unpaired) electrons. The first-order valence-corrected chi connectivity index (χ1v) is 11.7. The summed E-state index contributed by atoms with van der Waals surface area (Å²) < 4.78 is 21.1. The minimum atomic E-state index is -0.452. The van der Waals surface area contributed by atoms with E-state index >= 15 is 0 Å². The molecule has 1 N–H and O–H groups in total. The van der Waals surface area contributed by atoms with Crippen molar-refractivity contribution in [1.29, 1.82) is 0 Å². The van der Waals surface area contributed by atoms with E-state index in [2.05, 4.69) is 25.6 Å². The van der Waals surface area contributed by atoms with Crippen LogP contribution in [0.5, 0.6) is 0 Å². The number of amides is 1. The summed E-state index contributed by atoms with van der Waals surface area (Å²) in [6.07, 6.45) is 6.56. The van der Waals surface area contributed by atoms with Crippen LogP contribution in [0.25, 0.3) is 16.9 Å². The summed E-state index contributed by atoms with van der Waals surface area (Å²) in [7, 11) is 0. The molecule has 9 nitrogen and oxygen atoms in total. The van der Waals surface area contributed by atoms with E-state index in [9.17, 15) is 9.18 Å². The molecule has 3 aromatic heterocycles. The van der Waals surface area contributed by atoms with Crippen LogP contribution in [0.15, 0.2) is 60.9 Å². The van der Waals surface area contributed by atoms with Crippen molar-refractivity contribution in [3.8, 4) is 11.3 Å². The number of fused-ring (bicyclic) bond motifs is 1. The first-order valence-electron chi connectivity index (χ1n) is 11.7. The molecule has 12 heteroatoms. The number of nitrogens with zero attached hydrogens (tertiary/aromatic N) is 6. The molecule has 1 aromatic carbocycles. The number of carbonyl (C=O) groups excluding carboxylic acids is 1. The van der Waals surface area contributed by atoms with E-state index in [4.69, 9.17) is 4.74 Å². The minimum Gasteiger partial charge on any atom is -0.441 e. The third-order valence-electron chi connectivity index (χ3n) is 6.83. The van der Waals surface area contributed by atoms with Gasteiger partial charge in [0, 0.05) is 18.3 Å². The molecular weight excluding hydrogens is 520 g/mol. The molecule has 1 amide bonds. The minimum absolute atomic E-state index is 0. The monoisotopic (exact) mass is 545 g/mol. The normalized spacial score (nSPS) is 20.8. The van der Waals surface area contributed by atoms with Gasteiger partial charge in [-0.2, -0.15) is 5.10 Å². The zero-order chi connectivity index (χ0) is 23.8. The second-order valence-electron chi connectivity index (χ2n) is 9.20. The number of hydrogen-bond acceptors (Lipinski definition) is 7. The average molecular weight is 546 g/mol. The molecule has 0 bridgehead atoms. The number of imidazole rings is 1. The third-order valence-corrected chi connectivity index (χ3v) is 6.83. The summed E-state index contributed by atoms with van der Waals surface area (Å²) in [6.45, 7) is 1.29. The van der Waals surface area contributed by atoms with E-state index in [0.29, 0.717) is 35.2 Å². The van der Waals surface area contributed by atoms with Gasteiger partial charge < -0.3 is 10.1 Å². The number of halogens is 3. The third kappa shape index (κ3) is 5.45. The van der Waals surface area contributed by atoms with Crippen LogP contribution in [0.3, 0.4) is 0 Å². The van der Waals surface area contributed by atoms with Gasteiger partial charge in [-0.05, 0) is 68.0 Å². The Hall–Kier alpha value is -3.50. The van der Waals surface area contributed by atoms with Gasteiger partial charge >= 0.3 is 6.09 Å². The molecule has 1 saturated carbocycles. The predicted molar refractivity (Wildman–Crippen MR) is 142 cm³/mol. The lowest BCUT2D eigenvalue weighted by Gasteiger charge is -2.35.